The SMILES string of the molecule is CCC(C(N)=O)c1ccc(N2C(=O)C=CC2=O)cc1.NCCOP(=O)(O)O. The van der Waals surface area contributed by atoms with Gasteiger partial charge in [0.25, 0.3) is 11.8 Å². The van der Waals surface area contributed by atoms with E-state index in [0.717, 1.165) is 10.5 Å². The highest BCUT2D eigenvalue weighted by Gasteiger charge is 2.25. The van der Waals surface area contributed by atoms with E-state index in [1.165, 1.54) is 12.2 Å². The minimum atomic E-state index is -4.26. The molecule has 1 unspecified atom stereocenters. The molecule has 2 rings (SSSR count). The van der Waals surface area contributed by atoms with Gasteiger partial charge in [0.05, 0.1) is 18.2 Å². The lowest BCUT2D eigenvalue weighted by atomic mass is 9.96. The molecular weight excluding hydrogens is 377 g/mol. The molecule has 0 radical (unpaired) electrons. The van der Waals surface area contributed by atoms with Gasteiger partial charge in [-0.2, -0.15) is 0 Å². The predicted octanol–water partition coefficient (Wildman–Crippen LogP) is 0.149. The maximum Gasteiger partial charge on any atom is 0.469 e. The zero-order chi connectivity index (χ0) is 20.6. The quantitative estimate of drug-likeness (QED) is 0.370. The first-order valence-corrected chi connectivity index (χ1v) is 9.49. The Morgan fingerprint density at radius 3 is 2.04 bits per heavy atom. The predicted molar refractivity (Wildman–Crippen MR) is 97.4 cm³/mol. The number of hydrogen-bond donors (Lipinski definition) is 4. The first-order chi connectivity index (χ1) is 12.6. The maximum atomic E-state index is 11.5. The molecule has 0 aliphatic carbocycles. The number of primary amides is 1. The third-order valence-corrected chi connectivity index (χ3v) is 4.01. The van der Waals surface area contributed by atoms with Crippen molar-refractivity contribution in [3.63, 3.8) is 0 Å². The number of imide groups is 1. The average molecular weight is 399 g/mol. The van der Waals surface area contributed by atoms with Gasteiger partial charge in [0.2, 0.25) is 5.91 Å². The van der Waals surface area contributed by atoms with Crippen LogP contribution in [0.2, 0.25) is 0 Å². The van der Waals surface area contributed by atoms with Crippen LogP contribution < -0.4 is 16.4 Å². The minimum Gasteiger partial charge on any atom is -0.369 e. The fraction of sp³-hybridized carbons (Fsp3) is 0.312. The molecule has 1 heterocycles. The normalized spacial score (nSPS) is 14.7. The third-order valence-electron chi connectivity index (χ3n) is 3.49. The van der Waals surface area contributed by atoms with Gasteiger partial charge in [-0.05, 0) is 24.1 Å². The van der Waals surface area contributed by atoms with E-state index >= 15 is 0 Å². The van der Waals surface area contributed by atoms with Gasteiger partial charge in [0.1, 0.15) is 0 Å². The summed E-state index contributed by atoms with van der Waals surface area (Å²) >= 11 is 0. The second-order valence-corrected chi connectivity index (χ2v) is 6.65. The Hall–Kier alpha value is -2.36. The molecule has 0 fully saturated rings. The molecule has 1 aliphatic rings. The highest BCUT2D eigenvalue weighted by Crippen LogP contribution is 2.34. The van der Waals surface area contributed by atoms with Crippen molar-refractivity contribution in [3.8, 4) is 0 Å². The Bertz CT molecular complexity index is 740. The van der Waals surface area contributed by atoms with Crippen molar-refractivity contribution < 1.29 is 33.3 Å². The van der Waals surface area contributed by atoms with Crippen LogP contribution in [0.1, 0.15) is 24.8 Å². The summed E-state index contributed by atoms with van der Waals surface area (Å²) in [5.74, 6) is -1.46. The van der Waals surface area contributed by atoms with Crippen LogP contribution in [0.25, 0.3) is 0 Å². The maximum absolute atomic E-state index is 11.5. The van der Waals surface area contributed by atoms with E-state index in [2.05, 4.69) is 4.52 Å². The number of phosphoric ester groups is 1. The Balaban J connectivity index is 0.000000387. The van der Waals surface area contributed by atoms with Gasteiger partial charge in [-0.15, -0.1) is 0 Å². The number of carbonyl (C=O) groups excluding carboxylic acids is 3. The summed E-state index contributed by atoms with van der Waals surface area (Å²) in [7, 11) is -4.26. The zero-order valence-electron chi connectivity index (χ0n) is 14.6. The van der Waals surface area contributed by atoms with E-state index < -0.39 is 7.82 Å². The van der Waals surface area contributed by atoms with Crippen LogP contribution in [0, 0.1) is 0 Å². The number of hydrogen-bond acceptors (Lipinski definition) is 6. The van der Waals surface area contributed by atoms with E-state index in [4.69, 9.17) is 21.3 Å². The molecule has 1 atom stereocenters. The van der Waals surface area contributed by atoms with Crippen molar-refractivity contribution in [2.24, 2.45) is 11.5 Å². The largest absolute Gasteiger partial charge is 0.469 e. The number of benzene rings is 1. The summed E-state index contributed by atoms with van der Waals surface area (Å²) in [5, 5.41) is 0. The second-order valence-electron chi connectivity index (χ2n) is 5.41. The molecule has 148 valence electrons. The van der Waals surface area contributed by atoms with Crippen molar-refractivity contribution >= 4 is 31.2 Å². The second kappa shape index (κ2) is 10.1. The topological polar surface area (TPSA) is 173 Å². The fourth-order valence-electron chi connectivity index (χ4n) is 2.28. The minimum absolute atomic E-state index is 0.107. The lowest BCUT2D eigenvalue weighted by Gasteiger charge is -2.16. The van der Waals surface area contributed by atoms with Crippen LogP contribution in [0.5, 0.6) is 0 Å². The zero-order valence-corrected chi connectivity index (χ0v) is 15.5. The van der Waals surface area contributed by atoms with Crippen LogP contribution in [-0.2, 0) is 23.5 Å². The molecule has 0 aromatic heterocycles. The third kappa shape index (κ3) is 7.05. The van der Waals surface area contributed by atoms with Crippen molar-refractivity contribution in [2.75, 3.05) is 18.1 Å². The molecule has 0 saturated carbocycles. The van der Waals surface area contributed by atoms with Crippen molar-refractivity contribution in [3.05, 3.63) is 42.0 Å². The summed E-state index contributed by atoms with van der Waals surface area (Å²) < 4.78 is 13.7. The Labute approximate surface area is 156 Å². The van der Waals surface area contributed by atoms with Crippen molar-refractivity contribution in [1.29, 1.82) is 0 Å². The first-order valence-electron chi connectivity index (χ1n) is 7.96. The molecule has 0 spiro atoms. The van der Waals surface area contributed by atoms with Crippen LogP contribution in [0.15, 0.2) is 36.4 Å². The van der Waals surface area contributed by atoms with E-state index in [-0.39, 0.29) is 36.8 Å². The van der Waals surface area contributed by atoms with Crippen LogP contribution >= 0.6 is 7.82 Å². The summed E-state index contributed by atoms with van der Waals surface area (Å²) in [6, 6.07) is 6.72. The Morgan fingerprint density at radius 2 is 1.70 bits per heavy atom. The number of nitrogens with zero attached hydrogens (tertiary/aromatic N) is 1. The Kier molecular flexibility index (Phi) is 8.48. The van der Waals surface area contributed by atoms with Gasteiger partial charge in [-0.1, -0.05) is 19.1 Å². The summed E-state index contributed by atoms with van der Waals surface area (Å²) in [4.78, 5) is 51.3. The van der Waals surface area contributed by atoms with Gasteiger partial charge in [0.15, 0.2) is 0 Å². The molecule has 0 saturated heterocycles. The number of amides is 3. The molecule has 1 aliphatic heterocycles. The standard InChI is InChI=1S/C14H14N2O3.C2H8NO4P/c1-2-11(14(15)19)9-3-5-10(6-4-9)16-12(17)7-8-13(16)18;3-1-2-7-8(4,5)6/h3-8,11H,2H2,1H3,(H2,15,19);1-3H2,(H2,4,5,6). The lowest BCUT2D eigenvalue weighted by Crippen LogP contribution is -2.29. The van der Waals surface area contributed by atoms with Gasteiger partial charge < -0.3 is 21.3 Å². The lowest BCUT2D eigenvalue weighted by molar-refractivity contribution is -0.121. The fourth-order valence-corrected chi connectivity index (χ4v) is 2.63. The molecule has 3 amide bonds. The van der Waals surface area contributed by atoms with Gasteiger partial charge in [-0.3, -0.25) is 18.9 Å². The van der Waals surface area contributed by atoms with E-state index in [0.29, 0.717) is 12.1 Å². The van der Waals surface area contributed by atoms with Crippen molar-refractivity contribution in [2.45, 2.75) is 19.3 Å². The number of rotatable bonds is 7. The monoisotopic (exact) mass is 399 g/mol. The smallest absolute Gasteiger partial charge is 0.369 e. The molecule has 0 bridgehead atoms. The molecule has 1 aromatic carbocycles. The number of carbonyl (C=O) groups is 3. The van der Waals surface area contributed by atoms with Gasteiger partial charge in [0, 0.05) is 18.7 Å². The summed E-state index contributed by atoms with van der Waals surface area (Å²) in [5.41, 5.74) is 11.5. The molecule has 6 N–H and O–H groups in total. The van der Waals surface area contributed by atoms with E-state index in [1.54, 1.807) is 24.3 Å². The summed E-state index contributed by atoms with van der Waals surface area (Å²) in [6.07, 6.45) is 3.07. The molecule has 1 aromatic rings. The number of phosphoric acid groups is 1. The molecular formula is C16H22N3O7P. The van der Waals surface area contributed by atoms with Crippen LogP contribution in [-0.4, -0.2) is 40.7 Å². The van der Waals surface area contributed by atoms with Gasteiger partial charge in [-0.25, -0.2) is 9.46 Å². The number of nitrogens with two attached hydrogens (primary N) is 2. The van der Waals surface area contributed by atoms with E-state index in [1.807, 2.05) is 6.92 Å². The average Bonchev–Trinajstić information content (AvgIpc) is 2.93. The highest BCUT2D eigenvalue weighted by molar-refractivity contribution is 7.46. The molecule has 10 nitrogen and oxygen atoms in total. The number of anilines is 1. The molecule has 27 heavy (non-hydrogen) atoms. The highest BCUT2D eigenvalue weighted by atomic mass is 31.2. The van der Waals surface area contributed by atoms with Crippen LogP contribution in [0.3, 0.4) is 0 Å². The van der Waals surface area contributed by atoms with Crippen molar-refractivity contribution in [1.82, 2.24) is 0 Å². The first kappa shape index (κ1) is 22.7. The molecule has 11 heteroatoms. The Morgan fingerprint density at radius 1 is 1.19 bits per heavy atom. The van der Waals surface area contributed by atoms with Crippen LogP contribution in [0.4, 0.5) is 5.69 Å². The summed E-state index contributed by atoms with van der Waals surface area (Å²) in [6.45, 7) is 1.89. The van der Waals surface area contributed by atoms with E-state index in [9.17, 15) is 18.9 Å². The van der Waals surface area contributed by atoms with Gasteiger partial charge >= 0.3 is 7.82 Å².